The third kappa shape index (κ3) is 2.38. The number of hydrogen-bond donors (Lipinski definition) is 1. The molecule has 0 radical (unpaired) electrons. The average molecular weight is 324 g/mol. The summed E-state index contributed by atoms with van der Waals surface area (Å²) in [6.45, 7) is 2.06. The molecule has 5 heteroatoms. The molecule has 2 aromatic carbocycles. The number of nitrogens with two attached hydrogens (primary N) is 1. The van der Waals surface area contributed by atoms with Crippen molar-refractivity contribution in [2.75, 3.05) is 27.1 Å². The lowest BCUT2D eigenvalue weighted by Gasteiger charge is -2.18. The SMILES string of the molecule is COc1ccc(-c2c(C)ccc3c(N)nccc23)c(OC)c1OC. The van der Waals surface area contributed by atoms with Gasteiger partial charge in [0.05, 0.1) is 21.3 Å². The van der Waals surface area contributed by atoms with E-state index in [1.165, 1.54) is 0 Å². The van der Waals surface area contributed by atoms with Crippen molar-refractivity contribution >= 4 is 16.6 Å². The number of hydrogen-bond acceptors (Lipinski definition) is 5. The number of methoxy groups -OCH3 is 3. The highest BCUT2D eigenvalue weighted by Gasteiger charge is 2.20. The van der Waals surface area contributed by atoms with Crippen LogP contribution in [0.2, 0.25) is 0 Å². The Morgan fingerprint density at radius 1 is 0.833 bits per heavy atom. The quantitative estimate of drug-likeness (QED) is 0.790. The zero-order valence-corrected chi connectivity index (χ0v) is 14.2. The summed E-state index contributed by atoms with van der Waals surface area (Å²) in [6.07, 6.45) is 1.72. The Bertz CT molecular complexity index is 907. The first kappa shape index (κ1) is 15.9. The fraction of sp³-hybridized carbons (Fsp3) is 0.211. The predicted octanol–water partition coefficient (Wildman–Crippen LogP) is 3.82. The van der Waals surface area contributed by atoms with Crippen molar-refractivity contribution < 1.29 is 14.2 Å². The summed E-state index contributed by atoms with van der Waals surface area (Å²) in [5, 5.41) is 1.93. The number of benzene rings is 2. The van der Waals surface area contributed by atoms with E-state index in [0.717, 1.165) is 27.5 Å². The Labute approximate surface area is 141 Å². The standard InChI is InChI=1S/C19H20N2O3/c1-11-5-6-13-12(9-10-21-19(13)20)16(11)14-7-8-15(22-2)18(24-4)17(14)23-3/h5-10H,1-4H3,(H2,20,21). The number of rotatable bonds is 4. The zero-order valence-electron chi connectivity index (χ0n) is 14.2. The van der Waals surface area contributed by atoms with Gasteiger partial charge < -0.3 is 19.9 Å². The van der Waals surface area contributed by atoms with Crippen molar-refractivity contribution in [2.45, 2.75) is 6.92 Å². The summed E-state index contributed by atoms with van der Waals surface area (Å²) in [6, 6.07) is 9.83. The van der Waals surface area contributed by atoms with E-state index in [1.807, 2.05) is 30.3 Å². The van der Waals surface area contributed by atoms with Crippen LogP contribution in [0.5, 0.6) is 17.2 Å². The van der Waals surface area contributed by atoms with Gasteiger partial charge in [0, 0.05) is 17.1 Å². The second kappa shape index (κ2) is 6.28. The maximum Gasteiger partial charge on any atom is 0.203 e. The van der Waals surface area contributed by atoms with Crippen LogP contribution in [0.1, 0.15) is 5.56 Å². The van der Waals surface area contributed by atoms with Crippen LogP contribution in [0.3, 0.4) is 0 Å². The molecule has 0 saturated heterocycles. The number of ether oxygens (including phenoxy) is 3. The normalized spacial score (nSPS) is 10.7. The predicted molar refractivity (Wildman–Crippen MR) is 96.0 cm³/mol. The van der Waals surface area contributed by atoms with E-state index >= 15 is 0 Å². The van der Waals surface area contributed by atoms with E-state index in [4.69, 9.17) is 19.9 Å². The number of fused-ring (bicyclic) bond motifs is 1. The highest BCUT2D eigenvalue weighted by molar-refractivity contribution is 6.03. The summed E-state index contributed by atoms with van der Waals surface area (Å²) in [5.41, 5.74) is 9.11. The zero-order chi connectivity index (χ0) is 17.3. The van der Waals surface area contributed by atoms with Crippen molar-refractivity contribution in [1.82, 2.24) is 4.98 Å². The minimum Gasteiger partial charge on any atom is -0.493 e. The Kier molecular flexibility index (Phi) is 4.16. The maximum absolute atomic E-state index is 6.04. The van der Waals surface area contributed by atoms with Crippen molar-refractivity contribution in [2.24, 2.45) is 0 Å². The summed E-state index contributed by atoms with van der Waals surface area (Å²) < 4.78 is 16.5. The van der Waals surface area contributed by atoms with E-state index in [2.05, 4.69) is 11.9 Å². The molecule has 2 N–H and O–H groups in total. The minimum atomic E-state index is 0.508. The first-order valence-electron chi connectivity index (χ1n) is 7.55. The summed E-state index contributed by atoms with van der Waals surface area (Å²) in [7, 11) is 4.83. The second-order valence-electron chi connectivity index (χ2n) is 5.43. The lowest BCUT2D eigenvalue weighted by atomic mass is 9.93. The molecule has 0 aliphatic carbocycles. The highest BCUT2D eigenvalue weighted by atomic mass is 16.5. The lowest BCUT2D eigenvalue weighted by Crippen LogP contribution is -1.99. The summed E-state index contributed by atoms with van der Waals surface area (Å²) in [5.74, 6) is 2.32. The molecule has 0 atom stereocenters. The molecule has 5 nitrogen and oxygen atoms in total. The van der Waals surface area contributed by atoms with E-state index in [0.29, 0.717) is 23.1 Å². The van der Waals surface area contributed by atoms with Gasteiger partial charge in [0.1, 0.15) is 5.82 Å². The van der Waals surface area contributed by atoms with Crippen LogP contribution in [-0.4, -0.2) is 26.3 Å². The van der Waals surface area contributed by atoms with Gasteiger partial charge in [0.25, 0.3) is 0 Å². The van der Waals surface area contributed by atoms with Crippen LogP contribution in [0.25, 0.3) is 21.9 Å². The van der Waals surface area contributed by atoms with Crippen LogP contribution in [-0.2, 0) is 0 Å². The van der Waals surface area contributed by atoms with Gasteiger partial charge in [0.2, 0.25) is 5.75 Å². The van der Waals surface area contributed by atoms with Crippen LogP contribution in [0, 0.1) is 6.92 Å². The van der Waals surface area contributed by atoms with Gasteiger partial charge in [-0.15, -0.1) is 0 Å². The van der Waals surface area contributed by atoms with Gasteiger partial charge in [-0.25, -0.2) is 4.98 Å². The van der Waals surface area contributed by atoms with Gasteiger partial charge in [-0.05, 0) is 41.6 Å². The topological polar surface area (TPSA) is 66.6 Å². The number of nitrogen functional groups attached to an aromatic ring is 1. The molecule has 0 aliphatic rings. The fourth-order valence-corrected chi connectivity index (χ4v) is 3.04. The Hall–Kier alpha value is -2.95. The molecule has 24 heavy (non-hydrogen) atoms. The number of aromatic nitrogens is 1. The first-order chi connectivity index (χ1) is 11.6. The largest absolute Gasteiger partial charge is 0.493 e. The third-order valence-electron chi connectivity index (χ3n) is 4.16. The van der Waals surface area contributed by atoms with Crippen LogP contribution >= 0.6 is 0 Å². The monoisotopic (exact) mass is 324 g/mol. The average Bonchev–Trinajstić information content (AvgIpc) is 2.60. The van der Waals surface area contributed by atoms with E-state index < -0.39 is 0 Å². The summed E-state index contributed by atoms with van der Waals surface area (Å²) in [4.78, 5) is 4.18. The fourth-order valence-electron chi connectivity index (χ4n) is 3.04. The van der Waals surface area contributed by atoms with Gasteiger partial charge in [-0.3, -0.25) is 0 Å². The molecule has 1 aromatic heterocycles. The molecule has 0 spiro atoms. The molecule has 0 saturated carbocycles. The number of nitrogens with zero attached hydrogens (tertiary/aromatic N) is 1. The van der Waals surface area contributed by atoms with Crippen molar-refractivity contribution in [3.05, 3.63) is 42.1 Å². The van der Waals surface area contributed by atoms with Crippen molar-refractivity contribution in [3.8, 4) is 28.4 Å². The van der Waals surface area contributed by atoms with Gasteiger partial charge in [-0.2, -0.15) is 0 Å². The van der Waals surface area contributed by atoms with Gasteiger partial charge in [-0.1, -0.05) is 12.1 Å². The van der Waals surface area contributed by atoms with Crippen LogP contribution in [0.15, 0.2) is 36.5 Å². The Morgan fingerprint density at radius 3 is 2.25 bits per heavy atom. The number of anilines is 1. The highest BCUT2D eigenvalue weighted by Crippen LogP contribution is 2.46. The molecule has 124 valence electrons. The number of aryl methyl sites for hydroxylation is 1. The maximum atomic E-state index is 6.04. The molecule has 1 heterocycles. The van der Waals surface area contributed by atoms with E-state index in [9.17, 15) is 0 Å². The molecular weight excluding hydrogens is 304 g/mol. The van der Waals surface area contributed by atoms with Crippen molar-refractivity contribution in [3.63, 3.8) is 0 Å². The molecular formula is C19H20N2O3. The molecule has 3 rings (SSSR count). The van der Waals surface area contributed by atoms with Gasteiger partial charge in [0.15, 0.2) is 11.5 Å². The first-order valence-corrected chi connectivity index (χ1v) is 7.55. The van der Waals surface area contributed by atoms with Crippen LogP contribution < -0.4 is 19.9 Å². The van der Waals surface area contributed by atoms with Gasteiger partial charge >= 0.3 is 0 Å². The molecule has 0 amide bonds. The Balaban J connectivity index is 2.40. The molecule has 3 aromatic rings. The van der Waals surface area contributed by atoms with Crippen molar-refractivity contribution in [1.29, 1.82) is 0 Å². The van der Waals surface area contributed by atoms with E-state index in [1.54, 1.807) is 27.5 Å². The molecule has 0 unspecified atom stereocenters. The second-order valence-corrected chi connectivity index (χ2v) is 5.43. The lowest BCUT2D eigenvalue weighted by molar-refractivity contribution is 0.325. The summed E-state index contributed by atoms with van der Waals surface area (Å²) >= 11 is 0. The van der Waals surface area contributed by atoms with Crippen LogP contribution in [0.4, 0.5) is 5.82 Å². The van der Waals surface area contributed by atoms with E-state index in [-0.39, 0.29) is 0 Å². The minimum absolute atomic E-state index is 0.508. The molecule has 0 fully saturated rings. The number of pyridine rings is 1. The molecule has 0 aliphatic heterocycles. The smallest absolute Gasteiger partial charge is 0.203 e. The third-order valence-corrected chi connectivity index (χ3v) is 4.16. The molecule has 0 bridgehead atoms. The Morgan fingerprint density at radius 2 is 1.58 bits per heavy atom.